The number of nitrogens with one attached hydrogen (secondary N) is 3. The Hall–Kier alpha value is -3.78. The molecule has 1 heterocycles. The molecular weight excluding hydrogens is 420 g/mol. The molecule has 3 N–H and O–H groups in total. The van der Waals surface area contributed by atoms with Crippen LogP contribution in [-0.4, -0.2) is 37.2 Å². The largest absolute Gasteiger partial charge is 0.493 e. The first kappa shape index (κ1) is 21.9. The minimum atomic E-state index is -0.533. The van der Waals surface area contributed by atoms with Crippen LogP contribution in [-0.2, 0) is 0 Å². The monoisotopic (exact) mass is 440 g/mol. The zero-order valence-electron chi connectivity index (χ0n) is 16.7. The Kier molecular flexibility index (Phi) is 7.67. The van der Waals surface area contributed by atoms with Gasteiger partial charge in [-0.15, -0.1) is 0 Å². The second-order valence-electron chi connectivity index (χ2n) is 6.24. The number of hydrogen-bond donors (Lipinski definition) is 3. The summed E-state index contributed by atoms with van der Waals surface area (Å²) in [6.07, 6.45) is 1.49. The number of carbonyl (C=O) groups excluding carboxylic acids is 2. The van der Waals surface area contributed by atoms with Gasteiger partial charge in [-0.1, -0.05) is 23.7 Å². The Morgan fingerprint density at radius 2 is 1.71 bits per heavy atom. The lowest BCUT2D eigenvalue weighted by Crippen LogP contribution is -2.30. The molecule has 0 saturated heterocycles. The Morgan fingerprint density at radius 1 is 0.968 bits per heavy atom. The van der Waals surface area contributed by atoms with Gasteiger partial charge in [-0.3, -0.25) is 10.1 Å². The number of halogens is 1. The summed E-state index contributed by atoms with van der Waals surface area (Å²) in [5.41, 5.74) is 0.781. The minimum absolute atomic E-state index is 0.136. The molecule has 8 nitrogen and oxygen atoms in total. The number of para-hydroxylation sites is 2. The van der Waals surface area contributed by atoms with Crippen molar-refractivity contribution in [3.8, 4) is 11.5 Å². The molecule has 0 saturated carbocycles. The molecule has 0 atom stereocenters. The van der Waals surface area contributed by atoms with Crippen molar-refractivity contribution in [3.05, 3.63) is 77.4 Å². The summed E-state index contributed by atoms with van der Waals surface area (Å²) < 4.78 is 10.9. The van der Waals surface area contributed by atoms with Gasteiger partial charge in [0.05, 0.1) is 19.2 Å². The lowest BCUT2D eigenvalue weighted by molar-refractivity contribution is 0.0947. The summed E-state index contributed by atoms with van der Waals surface area (Å²) in [6.45, 7) is 0.494. The van der Waals surface area contributed by atoms with E-state index >= 15 is 0 Å². The van der Waals surface area contributed by atoms with Gasteiger partial charge in [0.15, 0.2) is 11.5 Å². The fourth-order valence-electron chi connectivity index (χ4n) is 2.65. The summed E-state index contributed by atoms with van der Waals surface area (Å²) in [4.78, 5) is 28.9. The molecule has 0 aliphatic rings. The maximum absolute atomic E-state index is 12.6. The molecule has 3 rings (SSSR count). The Bertz CT molecular complexity index is 1040. The van der Waals surface area contributed by atoms with Crippen molar-refractivity contribution in [2.24, 2.45) is 0 Å². The fraction of sp³-hybridized carbons (Fsp3) is 0.136. The summed E-state index contributed by atoms with van der Waals surface area (Å²) >= 11 is 5.84. The quantitative estimate of drug-likeness (QED) is 0.456. The van der Waals surface area contributed by atoms with Crippen molar-refractivity contribution in [1.82, 2.24) is 10.3 Å². The predicted octanol–water partition coefficient (Wildman–Crippen LogP) is 4.20. The van der Waals surface area contributed by atoms with Crippen LogP contribution in [0.3, 0.4) is 0 Å². The molecule has 1 aromatic heterocycles. The second-order valence-corrected chi connectivity index (χ2v) is 6.68. The van der Waals surface area contributed by atoms with Crippen LogP contribution in [0.1, 0.15) is 10.4 Å². The van der Waals surface area contributed by atoms with E-state index in [1.165, 1.54) is 6.20 Å². The third-order valence-corrected chi connectivity index (χ3v) is 4.35. The van der Waals surface area contributed by atoms with Crippen molar-refractivity contribution in [3.63, 3.8) is 0 Å². The molecule has 0 spiro atoms. The zero-order chi connectivity index (χ0) is 22.1. The minimum Gasteiger partial charge on any atom is -0.493 e. The first-order valence-corrected chi connectivity index (χ1v) is 9.77. The van der Waals surface area contributed by atoms with E-state index in [4.69, 9.17) is 21.1 Å². The standard InChI is InChI=1S/C22H21ClN4O4/c1-30-18-6-2-3-7-19(18)31-14-13-25-21(28)17-5-4-12-24-20(17)27-22(29)26-16-10-8-15(23)9-11-16/h2-12H,13-14H2,1H3,(H,25,28)(H2,24,26,27,29). The molecular formula is C22H21ClN4O4. The van der Waals surface area contributed by atoms with Crippen LogP contribution in [0.5, 0.6) is 11.5 Å². The predicted molar refractivity (Wildman–Crippen MR) is 119 cm³/mol. The number of carbonyl (C=O) groups is 2. The fourth-order valence-corrected chi connectivity index (χ4v) is 2.78. The maximum Gasteiger partial charge on any atom is 0.324 e. The van der Waals surface area contributed by atoms with E-state index in [1.54, 1.807) is 55.6 Å². The van der Waals surface area contributed by atoms with Gasteiger partial charge in [-0.2, -0.15) is 0 Å². The van der Waals surface area contributed by atoms with Crippen molar-refractivity contribution >= 4 is 35.0 Å². The Morgan fingerprint density at radius 3 is 2.45 bits per heavy atom. The molecule has 3 amide bonds. The van der Waals surface area contributed by atoms with Crippen molar-refractivity contribution in [2.45, 2.75) is 0 Å². The molecule has 3 aromatic rings. The van der Waals surface area contributed by atoms with Crippen LogP contribution in [0, 0.1) is 0 Å². The molecule has 0 unspecified atom stereocenters. The van der Waals surface area contributed by atoms with Crippen LogP contribution in [0.15, 0.2) is 66.9 Å². The van der Waals surface area contributed by atoms with Gasteiger partial charge < -0.3 is 20.1 Å². The third-order valence-electron chi connectivity index (χ3n) is 4.10. The number of amides is 3. The molecule has 2 aromatic carbocycles. The van der Waals surface area contributed by atoms with E-state index in [0.29, 0.717) is 22.2 Å². The number of aromatic nitrogens is 1. The molecule has 0 radical (unpaired) electrons. The van der Waals surface area contributed by atoms with E-state index in [9.17, 15) is 9.59 Å². The van der Waals surface area contributed by atoms with E-state index in [2.05, 4.69) is 20.9 Å². The van der Waals surface area contributed by atoms with Crippen molar-refractivity contribution in [2.75, 3.05) is 30.9 Å². The van der Waals surface area contributed by atoms with Crippen LogP contribution in [0.4, 0.5) is 16.3 Å². The molecule has 0 bridgehead atoms. The highest BCUT2D eigenvalue weighted by molar-refractivity contribution is 6.30. The van der Waals surface area contributed by atoms with Gasteiger partial charge in [0.1, 0.15) is 12.4 Å². The second kappa shape index (κ2) is 10.8. The molecule has 31 heavy (non-hydrogen) atoms. The number of rotatable bonds is 8. The normalized spacial score (nSPS) is 10.1. The molecule has 0 aliphatic carbocycles. The van der Waals surface area contributed by atoms with Crippen LogP contribution < -0.4 is 25.4 Å². The highest BCUT2D eigenvalue weighted by Crippen LogP contribution is 2.25. The van der Waals surface area contributed by atoms with Crippen LogP contribution in [0.2, 0.25) is 5.02 Å². The summed E-state index contributed by atoms with van der Waals surface area (Å²) in [5, 5.41) is 8.54. The first-order chi connectivity index (χ1) is 15.1. The topological polar surface area (TPSA) is 102 Å². The van der Waals surface area contributed by atoms with Crippen LogP contribution >= 0.6 is 11.6 Å². The first-order valence-electron chi connectivity index (χ1n) is 9.39. The smallest absolute Gasteiger partial charge is 0.324 e. The number of anilines is 2. The Balaban J connectivity index is 1.54. The van der Waals surface area contributed by atoms with E-state index in [1.807, 2.05) is 12.1 Å². The third kappa shape index (κ3) is 6.35. The number of hydrogen-bond acceptors (Lipinski definition) is 5. The van der Waals surface area contributed by atoms with E-state index in [0.717, 1.165) is 0 Å². The van der Waals surface area contributed by atoms with Gasteiger partial charge in [-0.05, 0) is 48.5 Å². The van der Waals surface area contributed by atoms with Crippen molar-refractivity contribution in [1.29, 1.82) is 0 Å². The number of methoxy groups -OCH3 is 1. The maximum atomic E-state index is 12.6. The van der Waals surface area contributed by atoms with Gasteiger partial charge >= 0.3 is 6.03 Å². The van der Waals surface area contributed by atoms with Gasteiger partial charge in [0.25, 0.3) is 5.91 Å². The Labute approximate surface area is 184 Å². The zero-order valence-corrected chi connectivity index (χ0v) is 17.5. The van der Waals surface area contributed by atoms with E-state index in [-0.39, 0.29) is 24.5 Å². The van der Waals surface area contributed by atoms with Gasteiger partial charge in [0.2, 0.25) is 0 Å². The van der Waals surface area contributed by atoms with Crippen LogP contribution in [0.25, 0.3) is 0 Å². The molecule has 9 heteroatoms. The summed E-state index contributed by atoms with van der Waals surface area (Å²) in [6, 6.07) is 16.5. The number of benzene rings is 2. The van der Waals surface area contributed by atoms with Gasteiger partial charge in [-0.25, -0.2) is 9.78 Å². The number of urea groups is 1. The summed E-state index contributed by atoms with van der Waals surface area (Å²) in [5.74, 6) is 0.941. The lowest BCUT2D eigenvalue weighted by atomic mass is 10.2. The highest BCUT2D eigenvalue weighted by atomic mass is 35.5. The average Bonchev–Trinajstić information content (AvgIpc) is 2.78. The number of ether oxygens (including phenoxy) is 2. The number of nitrogens with zero attached hydrogens (tertiary/aromatic N) is 1. The molecule has 160 valence electrons. The SMILES string of the molecule is COc1ccccc1OCCNC(=O)c1cccnc1NC(=O)Nc1ccc(Cl)cc1. The summed E-state index contributed by atoms with van der Waals surface area (Å²) in [7, 11) is 1.56. The highest BCUT2D eigenvalue weighted by Gasteiger charge is 2.14. The van der Waals surface area contributed by atoms with Crippen molar-refractivity contribution < 1.29 is 19.1 Å². The average molecular weight is 441 g/mol. The van der Waals surface area contributed by atoms with Gasteiger partial charge in [0, 0.05) is 16.9 Å². The molecule has 0 fully saturated rings. The van der Waals surface area contributed by atoms with E-state index < -0.39 is 11.9 Å². The lowest BCUT2D eigenvalue weighted by Gasteiger charge is -2.12. The molecule has 0 aliphatic heterocycles. The number of pyridine rings is 1.